The number of hydrogen-bond donors (Lipinski definition) is 0. The molecule has 0 bridgehead atoms. The Morgan fingerprint density at radius 1 is 0.825 bits per heavy atom. The molecule has 0 N–H and O–H groups in total. The minimum absolute atomic E-state index is 0.0925. The van der Waals surface area contributed by atoms with E-state index in [1.165, 1.54) is 7.11 Å². The number of ether oxygens (including phenoxy) is 1. The van der Waals surface area contributed by atoms with Crippen LogP contribution in [-0.2, 0) is 28.3 Å². The van der Waals surface area contributed by atoms with Gasteiger partial charge in [0, 0.05) is 5.92 Å². The van der Waals surface area contributed by atoms with Gasteiger partial charge in [-0.1, -0.05) is 106 Å². The highest BCUT2D eigenvalue weighted by Gasteiger charge is 2.54. The zero-order valence-electron chi connectivity index (χ0n) is 24.2. The predicted octanol–water partition coefficient (Wildman–Crippen LogP) is 5.23. The molecular weight excluding hydrogens is 540 g/mol. The highest BCUT2D eigenvalue weighted by molar-refractivity contribution is 7.86. The number of hydrogen-bond acceptors (Lipinski definition) is 6. The summed E-state index contributed by atoms with van der Waals surface area (Å²) in [6.07, 6.45) is -0.544. The van der Waals surface area contributed by atoms with E-state index in [9.17, 15) is 13.2 Å². The van der Waals surface area contributed by atoms with Crippen molar-refractivity contribution in [2.75, 3.05) is 7.11 Å². The topological polar surface area (TPSA) is 78.9 Å². The molecule has 40 heavy (non-hydrogen) atoms. The van der Waals surface area contributed by atoms with Gasteiger partial charge in [-0.25, -0.2) is 0 Å². The van der Waals surface area contributed by atoms with E-state index in [1.54, 1.807) is 24.3 Å². The molecule has 214 valence electrons. The Kier molecular flexibility index (Phi) is 9.04. The second kappa shape index (κ2) is 12.0. The van der Waals surface area contributed by atoms with Crippen LogP contribution in [0.2, 0.25) is 5.04 Å². The van der Waals surface area contributed by atoms with E-state index in [4.69, 9.17) is 13.3 Å². The van der Waals surface area contributed by atoms with Gasteiger partial charge in [0.05, 0.1) is 30.1 Å². The van der Waals surface area contributed by atoms with Crippen LogP contribution in [0.15, 0.2) is 89.8 Å². The van der Waals surface area contributed by atoms with Crippen LogP contribution in [0.3, 0.4) is 0 Å². The van der Waals surface area contributed by atoms with Crippen LogP contribution in [0, 0.1) is 18.8 Å². The Labute approximate surface area is 239 Å². The summed E-state index contributed by atoms with van der Waals surface area (Å²) < 4.78 is 45.0. The average molecular weight is 581 g/mol. The highest BCUT2D eigenvalue weighted by atomic mass is 32.2. The predicted molar refractivity (Wildman–Crippen MR) is 160 cm³/mol. The van der Waals surface area contributed by atoms with Gasteiger partial charge in [-0.3, -0.25) is 8.98 Å². The first-order chi connectivity index (χ1) is 18.9. The number of esters is 1. The van der Waals surface area contributed by atoms with Crippen molar-refractivity contribution in [3.63, 3.8) is 0 Å². The molecule has 0 aliphatic heterocycles. The molecule has 3 aromatic rings. The maximum atomic E-state index is 13.3. The maximum absolute atomic E-state index is 13.3. The molecule has 0 saturated heterocycles. The molecule has 3 aromatic carbocycles. The van der Waals surface area contributed by atoms with Gasteiger partial charge in [0.1, 0.15) is 0 Å². The molecule has 0 heterocycles. The zero-order chi connectivity index (χ0) is 29.1. The van der Waals surface area contributed by atoms with Crippen LogP contribution >= 0.6 is 0 Å². The minimum atomic E-state index is -4.06. The van der Waals surface area contributed by atoms with E-state index >= 15 is 0 Å². The zero-order valence-corrected chi connectivity index (χ0v) is 26.0. The van der Waals surface area contributed by atoms with Gasteiger partial charge >= 0.3 is 5.97 Å². The van der Waals surface area contributed by atoms with Crippen molar-refractivity contribution in [3.8, 4) is 0 Å². The Morgan fingerprint density at radius 2 is 1.32 bits per heavy atom. The first kappa shape index (κ1) is 30.2. The Morgan fingerprint density at radius 3 is 1.80 bits per heavy atom. The van der Waals surface area contributed by atoms with Gasteiger partial charge in [0.25, 0.3) is 18.4 Å². The molecule has 0 aromatic heterocycles. The minimum Gasteiger partial charge on any atom is -0.469 e. The lowest BCUT2D eigenvalue weighted by Crippen LogP contribution is -2.68. The standard InChI is InChI=1S/C32H40O6SSi/c1-23-17-19-26(20-18-23)39(34,35)37-29-21-25(31(33)36-6)22-30(24(29)2)38-40(32(3,4)5,27-13-9-7-10-14-27)28-15-11-8-12-16-28/h7-20,24-25,29-30H,21-22H2,1-6H3/t24-,25+,29-,30+/m0/s1. The van der Waals surface area contributed by atoms with Crippen LogP contribution in [0.4, 0.5) is 0 Å². The third kappa shape index (κ3) is 6.10. The van der Waals surface area contributed by atoms with Gasteiger partial charge < -0.3 is 9.16 Å². The fourth-order valence-corrected chi connectivity index (χ4v) is 11.7. The van der Waals surface area contributed by atoms with Gasteiger partial charge in [-0.15, -0.1) is 0 Å². The van der Waals surface area contributed by atoms with Gasteiger partial charge in [0.15, 0.2) is 0 Å². The Bertz CT molecular complexity index is 1350. The molecule has 1 fully saturated rings. The molecule has 6 nitrogen and oxygen atoms in total. The third-order valence-electron chi connectivity index (χ3n) is 8.05. The first-order valence-electron chi connectivity index (χ1n) is 13.8. The third-order valence-corrected chi connectivity index (χ3v) is 14.5. The van der Waals surface area contributed by atoms with Crippen molar-refractivity contribution in [2.24, 2.45) is 11.8 Å². The highest BCUT2D eigenvalue weighted by Crippen LogP contribution is 2.42. The van der Waals surface area contributed by atoms with Crippen molar-refractivity contribution in [1.29, 1.82) is 0 Å². The number of aryl methyl sites for hydroxylation is 1. The number of carbonyl (C=O) groups excluding carboxylic acids is 1. The lowest BCUT2D eigenvalue weighted by molar-refractivity contribution is -0.150. The fraction of sp³-hybridized carbons (Fsp3) is 0.406. The Hall–Kier alpha value is -2.78. The van der Waals surface area contributed by atoms with E-state index in [-0.39, 0.29) is 28.2 Å². The molecule has 4 rings (SSSR count). The van der Waals surface area contributed by atoms with Crippen molar-refractivity contribution in [3.05, 3.63) is 90.5 Å². The lowest BCUT2D eigenvalue weighted by Gasteiger charge is -2.48. The molecule has 1 saturated carbocycles. The number of carbonyl (C=O) groups is 1. The number of benzene rings is 3. The van der Waals surface area contributed by atoms with Crippen molar-refractivity contribution in [2.45, 2.75) is 69.6 Å². The van der Waals surface area contributed by atoms with E-state index < -0.39 is 36.6 Å². The fourth-order valence-electron chi connectivity index (χ4n) is 5.81. The van der Waals surface area contributed by atoms with Crippen LogP contribution in [0.25, 0.3) is 0 Å². The van der Waals surface area contributed by atoms with E-state index in [0.29, 0.717) is 6.42 Å². The summed E-state index contributed by atoms with van der Waals surface area (Å²) in [4.78, 5) is 13.0. The first-order valence-corrected chi connectivity index (χ1v) is 17.1. The summed E-state index contributed by atoms with van der Waals surface area (Å²) >= 11 is 0. The summed E-state index contributed by atoms with van der Waals surface area (Å²) in [6.45, 7) is 10.4. The van der Waals surface area contributed by atoms with E-state index in [0.717, 1.165) is 15.9 Å². The monoisotopic (exact) mass is 580 g/mol. The molecule has 1 aliphatic carbocycles. The van der Waals surface area contributed by atoms with Crippen molar-refractivity contribution in [1.82, 2.24) is 0 Å². The van der Waals surface area contributed by atoms with Crippen LogP contribution in [-0.4, -0.2) is 42.0 Å². The number of methoxy groups -OCH3 is 1. The smallest absolute Gasteiger partial charge is 0.308 e. The van der Waals surface area contributed by atoms with Crippen LogP contribution in [0.1, 0.15) is 46.1 Å². The van der Waals surface area contributed by atoms with Crippen LogP contribution in [0.5, 0.6) is 0 Å². The second-order valence-corrected chi connectivity index (χ2v) is 17.6. The quantitative estimate of drug-likeness (QED) is 0.206. The van der Waals surface area contributed by atoms with E-state index in [2.05, 4.69) is 45.0 Å². The average Bonchev–Trinajstić information content (AvgIpc) is 2.93. The molecule has 0 unspecified atom stereocenters. The normalized spacial score (nSPS) is 22.1. The van der Waals surface area contributed by atoms with Gasteiger partial charge in [-0.05, 0) is 47.3 Å². The van der Waals surface area contributed by atoms with Crippen molar-refractivity contribution < 1.29 is 26.6 Å². The molecule has 0 spiro atoms. The largest absolute Gasteiger partial charge is 0.469 e. The molecule has 0 radical (unpaired) electrons. The van der Waals surface area contributed by atoms with Gasteiger partial charge in [0.2, 0.25) is 0 Å². The summed E-state index contributed by atoms with van der Waals surface area (Å²) in [6, 6.07) is 27.1. The molecular formula is C32H40O6SSi. The molecule has 0 amide bonds. The van der Waals surface area contributed by atoms with Crippen LogP contribution < -0.4 is 10.4 Å². The Balaban J connectivity index is 1.78. The molecule has 8 heteroatoms. The number of rotatable bonds is 8. The summed E-state index contributed by atoms with van der Waals surface area (Å²) in [5, 5.41) is 1.95. The molecule has 4 atom stereocenters. The molecule has 1 aliphatic rings. The summed E-state index contributed by atoms with van der Waals surface area (Å²) in [5.41, 5.74) is 0.953. The second-order valence-electron chi connectivity index (χ2n) is 11.8. The lowest BCUT2D eigenvalue weighted by atomic mass is 9.79. The SMILES string of the molecule is COC(=O)[C@@H]1C[C@H](OS(=O)(=O)c2ccc(C)cc2)[C@H](C)[C@H](O[Si](c2ccccc2)(c2ccccc2)C(C)(C)C)C1. The summed E-state index contributed by atoms with van der Waals surface area (Å²) in [5.74, 6) is -1.24. The van der Waals surface area contributed by atoms with Gasteiger partial charge in [-0.2, -0.15) is 8.42 Å². The summed E-state index contributed by atoms with van der Waals surface area (Å²) in [7, 11) is -5.67. The van der Waals surface area contributed by atoms with Crippen molar-refractivity contribution >= 4 is 34.8 Å². The van der Waals surface area contributed by atoms with E-state index in [1.807, 2.05) is 50.2 Å². The maximum Gasteiger partial charge on any atom is 0.308 e.